The first kappa shape index (κ1) is 21.6. The summed E-state index contributed by atoms with van der Waals surface area (Å²) in [5, 5.41) is 81.8. The van der Waals surface area contributed by atoms with Crippen LogP contribution in [0.25, 0.3) is 0 Å². The molecule has 0 saturated carbocycles. The fourth-order valence-electron chi connectivity index (χ4n) is 1.34. The SMILES string of the molecule is OC[C@@H](O)[C@H](O)[C@@H](O)COB(O)OC[C@H](O)[C@@H](O)[C@H](O)CO. The fourth-order valence-corrected chi connectivity index (χ4v) is 1.34. The molecule has 0 aromatic heterocycles. The summed E-state index contributed by atoms with van der Waals surface area (Å²) in [7, 11) is -1.93. The molecule has 0 spiro atoms. The third kappa shape index (κ3) is 7.76. The molecule has 0 rings (SSSR count). The van der Waals surface area contributed by atoms with Gasteiger partial charge in [-0.25, -0.2) is 0 Å². The lowest BCUT2D eigenvalue weighted by atomic mass is 10.1. The Morgan fingerprint density at radius 2 is 0.955 bits per heavy atom. The van der Waals surface area contributed by atoms with Crippen LogP contribution in [0.2, 0.25) is 0 Å². The maximum atomic E-state index is 9.38. The van der Waals surface area contributed by atoms with E-state index in [4.69, 9.17) is 20.4 Å². The molecule has 0 fully saturated rings. The Morgan fingerprint density at radius 1 is 0.636 bits per heavy atom. The van der Waals surface area contributed by atoms with Crippen LogP contribution in [0.15, 0.2) is 0 Å². The number of aliphatic hydroxyl groups excluding tert-OH is 8. The van der Waals surface area contributed by atoms with Gasteiger partial charge in [-0.1, -0.05) is 0 Å². The van der Waals surface area contributed by atoms with Crippen LogP contribution in [0, 0.1) is 0 Å². The summed E-state index contributed by atoms with van der Waals surface area (Å²) in [5.41, 5.74) is 0. The predicted octanol–water partition coefficient (Wildman–Crippen LogP) is -5.85. The van der Waals surface area contributed by atoms with Crippen LogP contribution in [0.1, 0.15) is 0 Å². The molecule has 9 N–H and O–H groups in total. The van der Waals surface area contributed by atoms with Crippen molar-refractivity contribution in [2.75, 3.05) is 26.4 Å². The van der Waals surface area contributed by atoms with Gasteiger partial charge in [0.25, 0.3) is 0 Å². The van der Waals surface area contributed by atoms with Gasteiger partial charge in [0.1, 0.15) is 36.6 Å². The molecule has 0 aromatic carbocycles. The molecule has 132 valence electrons. The van der Waals surface area contributed by atoms with Gasteiger partial charge in [-0.3, -0.25) is 0 Å². The van der Waals surface area contributed by atoms with Crippen LogP contribution in [0.3, 0.4) is 0 Å². The van der Waals surface area contributed by atoms with Gasteiger partial charge in [-0.05, 0) is 0 Å². The minimum Gasteiger partial charge on any atom is -0.402 e. The second kappa shape index (κ2) is 11.2. The molecular weight excluding hydrogens is 307 g/mol. The highest BCUT2D eigenvalue weighted by Crippen LogP contribution is 2.04. The average Bonchev–Trinajstić information content (AvgIpc) is 2.54. The number of rotatable bonds is 12. The molecule has 12 heteroatoms. The number of hydrogen-bond acceptors (Lipinski definition) is 11. The van der Waals surface area contributed by atoms with Crippen molar-refractivity contribution in [1.29, 1.82) is 0 Å². The molecule has 0 bridgehead atoms. The van der Waals surface area contributed by atoms with Crippen molar-refractivity contribution in [1.82, 2.24) is 0 Å². The molecule has 0 amide bonds. The molecule has 0 unspecified atom stereocenters. The molecule has 6 atom stereocenters. The third-order valence-corrected chi connectivity index (χ3v) is 2.77. The normalized spacial score (nSPS) is 20.0. The van der Waals surface area contributed by atoms with Gasteiger partial charge in [-0.2, -0.15) is 0 Å². The van der Waals surface area contributed by atoms with E-state index in [0.717, 1.165) is 0 Å². The van der Waals surface area contributed by atoms with Crippen molar-refractivity contribution in [2.24, 2.45) is 0 Å². The Hall–Kier alpha value is -0.375. The van der Waals surface area contributed by atoms with Gasteiger partial charge in [-0.15, -0.1) is 0 Å². The van der Waals surface area contributed by atoms with E-state index in [1.807, 2.05) is 0 Å². The Kier molecular flexibility index (Phi) is 11.0. The first-order valence-corrected chi connectivity index (χ1v) is 6.45. The maximum absolute atomic E-state index is 9.38. The lowest BCUT2D eigenvalue weighted by molar-refractivity contribution is -0.0997. The van der Waals surface area contributed by atoms with Crippen LogP contribution in [-0.4, -0.2) is 116 Å². The second-order valence-electron chi connectivity index (χ2n) is 4.59. The topological polar surface area (TPSA) is 201 Å². The highest BCUT2D eigenvalue weighted by atomic mass is 16.7. The summed E-state index contributed by atoms with van der Waals surface area (Å²) in [4.78, 5) is 0. The first-order chi connectivity index (χ1) is 10.2. The van der Waals surface area contributed by atoms with Gasteiger partial charge in [0.15, 0.2) is 0 Å². The average molecular weight is 330 g/mol. The quantitative estimate of drug-likeness (QED) is 0.154. The van der Waals surface area contributed by atoms with E-state index in [-0.39, 0.29) is 0 Å². The molecule has 11 nitrogen and oxygen atoms in total. The molecule has 0 saturated heterocycles. The van der Waals surface area contributed by atoms with Crippen LogP contribution in [0.5, 0.6) is 0 Å². The minimum atomic E-state index is -1.93. The summed E-state index contributed by atoms with van der Waals surface area (Å²) in [6.45, 7) is -2.88. The molecule has 22 heavy (non-hydrogen) atoms. The lowest BCUT2D eigenvalue weighted by Crippen LogP contribution is -2.45. The lowest BCUT2D eigenvalue weighted by Gasteiger charge is -2.23. The summed E-state index contributed by atoms with van der Waals surface area (Å²) < 4.78 is 9.12. The van der Waals surface area contributed by atoms with Crippen LogP contribution in [-0.2, 0) is 9.31 Å². The van der Waals surface area contributed by atoms with Gasteiger partial charge in [0.05, 0.1) is 26.4 Å². The standard InChI is InChI=1S/C10H23BO11/c12-1-5(14)9(18)7(16)3-21-11(20)22-4-8(17)10(19)6(15)2-13/h5-10,12-20H,1-4H2/t5-,6-,7+,8+,9+,10+/m1/s1. The zero-order valence-electron chi connectivity index (χ0n) is 11.7. The van der Waals surface area contributed by atoms with Crippen molar-refractivity contribution >= 4 is 7.32 Å². The summed E-state index contributed by atoms with van der Waals surface area (Å²) in [5.74, 6) is 0. The van der Waals surface area contributed by atoms with E-state index in [0.29, 0.717) is 0 Å². The van der Waals surface area contributed by atoms with Crippen molar-refractivity contribution in [3.8, 4) is 0 Å². The number of hydrogen-bond donors (Lipinski definition) is 9. The monoisotopic (exact) mass is 330 g/mol. The Morgan fingerprint density at radius 3 is 1.23 bits per heavy atom. The van der Waals surface area contributed by atoms with E-state index in [2.05, 4.69) is 9.31 Å². The van der Waals surface area contributed by atoms with Crippen LogP contribution in [0.4, 0.5) is 0 Å². The van der Waals surface area contributed by atoms with Crippen LogP contribution < -0.4 is 0 Å². The molecule has 0 aliphatic carbocycles. The van der Waals surface area contributed by atoms with E-state index in [1.165, 1.54) is 0 Å². The summed E-state index contributed by atoms with van der Waals surface area (Å²) >= 11 is 0. The van der Waals surface area contributed by atoms with Crippen molar-refractivity contribution in [3.63, 3.8) is 0 Å². The second-order valence-corrected chi connectivity index (χ2v) is 4.59. The number of aliphatic hydroxyl groups is 8. The maximum Gasteiger partial charge on any atom is 0.636 e. The molecule has 0 radical (unpaired) electrons. The van der Waals surface area contributed by atoms with Gasteiger partial charge in [0.2, 0.25) is 0 Å². The first-order valence-electron chi connectivity index (χ1n) is 6.45. The van der Waals surface area contributed by atoms with Crippen LogP contribution >= 0.6 is 0 Å². The summed E-state index contributed by atoms with van der Waals surface area (Å²) in [6, 6.07) is 0. The van der Waals surface area contributed by atoms with Crippen molar-refractivity contribution in [2.45, 2.75) is 36.6 Å². The third-order valence-electron chi connectivity index (χ3n) is 2.77. The van der Waals surface area contributed by atoms with E-state index in [9.17, 15) is 25.5 Å². The fraction of sp³-hybridized carbons (Fsp3) is 1.00. The summed E-state index contributed by atoms with van der Waals surface area (Å²) in [6.07, 6.45) is -9.82. The van der Waals surface area contributed by atoms with Gasteiger partial charge >= 0.3 is 7.32 Å². The Labute approximate surface area is 126 Å². The molecule has 0 aromatic rings. The molecule has 0 aliphatic heterocycles. The zero-order valence-corrected chi connectivity index (χ0v) is 11.7. The van der Waals surface area contributed by atoms with E-state index < -0.39 is 70.4 Å². The smallest absolute Gasteiger partial charge is 0.402 e. The molecule has 0 heterocycles. The molecular formula is C10H23BO11. The largest absolute Gasteiger partial charge is 0.636 e. The highest BCUT2D eigenvalue weighted by Gasteiger charge is 2.29. The molecule has 0 aliphatic rings. The highest BCUT2D eigenvalue weighted by molar-refractivity contribution is 6.34. The Balaban J connectivity index is 4.02. The zero-order chi connectivity index (χ0) is 17.3. The van der Waals surface area contributed by atoms with Crippen molar-refractivity contribution < 1.29 is 55.2 Å². The Bertz CT molecular complexity index is 258. The van der Waals surface area contributed by atoms with Crippen molar-refractivity contribution in [3.05, 3.63) is 0 Å². The van der Waals surface area contributed by atoms with E-state index >= 15 is 0 Å². The minimum absolute atomic E-state index is 0.655. The van der Waals surface area contributed by atoms with Gasteiger partial charge < -0.3 is 55.2 Å². The predicted molar refractivity (Wildman–Crippen MR) is 70.1 cm³/mol. The van der Waals surface area contributed by atoms with E-state index in [1.54, 1.807) is 0 Å². The van der Waals surface area contributed by atoms with Gasteiger partial charge in [0, 0.05) is 0 Å².